The van der Waals surface area contributed by atoms with E-state index in [1.807, 2.05) is 0 Å². The van der Waals surface area contributed by atoms with Crippen molar-refractivity contribution in [2.24, 2.45) is 5.92 Å². The predicted octanol–water partition coefficient (Wildman–Crippen LogP) is 3.42. The predicted molar refractivity (Wildman–Crippen MR) is 56.4 cm³/mol. The molecule has 1 aromatic carbocycles. The molecular formula is C11H12BrFO. The summed E-state index contributed by atoms with van der Waals surface area (Å²) in [5, 5.41) is 9.80. The fourth-order valence-corrected chi connectivity index (χ4v) is 1.92. The van der Waals surface area contributed by atoms with Crippen molar-refractivity contribution in [3.63, 3.8) is 0 Å². The molecule has 1 atom stereocenters. The highest BCUT2D eigenvalue weighted by Crippen LogP contribution is 2.37. The van der Waals surface area contributed by atoms with Gasteiger partial charge in [-0.25, -0.2) is 4.39 Å². The molecule has 0 aromatic heterocycles. The molecule has 1 N–H and O–H groups in total. The number of hydrogen-bond donors (Lipinski definition) is 1. The standard InChI is InChI=1S/C11H12BrFO/c12-9-6-8(3-4-10(9)13)11(14)5-7-1-2-7/h3-4,6-7,11,14H,1-2,5H2. The molecule has 14 heavy (non-hydrogen) atoms. The third-order valence-corrected chi connectivity index (χ3v) is 3.19. The molecule has 0 bridgehead atoms. The normalized spacial score (nSPS) is 18.2. The van der Waals surface area contributed by atoms with Gasteiger partial charge in [0.2, 0.25) is 0 Å². The van der Waals surface area contributed by atoms with E-state index in [0.717, 1.165) is 12.0 Å². The van der Waals surface area contributed by atoms with Crippen LogP contribution in [-0.2, 0) is 0 Å². The van der Waals surface area contributed by atoms with Crippen molar-refractivity contribution in [1.82, 2.24) is 0 Å². The van der Waals surface area contributed by atoms with Crippen LogP contribution in [0.25, 0.3) is 0 Å². The molecule has 0 radical (unpaired) electrons. The molecule has 76 valence electrons. The van der Waals surface area contributed by atoms with Gasteiger partial charge in [-0.2, -0.15) is 0 Å². The Bertz CT molecular complexity index is 336. The van der Waals surface area contributed by atoms with Crippen LogP contribution < -0.4 is 0 Å². The highest BCUT2D eigenvalue weighted by molar-refractivity contribution is 9.10. The number of benzene rings is 1. The van der Waals surface area contributed by atoms with Crippen molar-refractivity contribution in [1.29, 1.82) is 0 Å². The highest BCUT2D eigenvalue weighted by Gasteiger charge is 2.25. The SMILES string of the molecule is OC(CC1CC1)c1ccc(F)c(Br)c1. The van der Waals surface area contributed by atoms with E-state index in [2.05, 4.69) is 15.9 Å². The molecule has 0 aliphatic heterocycles. The summed E-state index contributed by atoms with van der Waals surface area (Å²) in [5.41, 5.74) is 0.796. The molecule has 0 heterocycles. The first-order chi connectivity index (χ1) is 6.66. The Morgan fingerprint density at radius 3 is 2.79 bits per heavy atom. The van der Waals surface area contributed by atoms with E-state index in [1.54, 1.807) is 12.1 Å². The minimum Gasteiger partial charge on any atom is -0.388 e. The molecule has 1 aromatic rings. The summed E-state index contributed by atoms with van der Waals surface area (Å²) in [6.45, 7) is 0. The van der Waals surface area contributed by atoms with Crippen molar-refractivity contribution in [2.45, 2.75) is 25.4 Å². The van der Waals surface area contributed by atoms with Crippen molar-refractivity contribution in [2.75, 3.05) is 0 Å². The van der Waals surface area contributed by atoms with Gasteiger partial charge in [0.25, 0.3) is 0 Å². The van der Waals surface area contributed by atoms with Gasteiger partial charge < -0.3 is 5.11 Å². The van der Waals surface area contributed by atoms with Crippen molar-refractivity contribution < 1.29 is 9.50 Å². The largest absolute Gasteiger partial charge is 0.388 e. The maximum Gasteiger partial charge on any atom is 0.137 e. The van der Waals surface area contributed by atoms with Crippen LogP contribution in [0.5, 0.6) is 0 Å². The van der Waals surface area contributed by atoms with Crippen LogP contribution >= 0.6 is 15.9 Å². The van der Waals surface area contributed by atoms with Gasteiger partial charge in [0, 0.05) is 0 Å². The summed E-state index contributed by atoms with van der Waals surface area (Å²) in [5.74, 6) is 0.390. The van der Waals surface area contributed by atoms with E-state index in [0.29, 0.717) is 10.4 Å². The van der Waals surface area contributed by atoms with E-state index >= 15 is 0 Å². The monoisotopic (exact) mass is 258 g/mol. The minimum absolute atomic E-state index is 0.285. The third-order valence-electron chi connectivity index (χ3n) is 2.58. The maximum absolute atomic E-state index is 12.9. The van der Waals surface area contributed by atoms with Crippen molar-refractivity contribution in [3.8, 4) is 0 Å². The van der Waals surface area contributed by atoms with E-state index in [9.17, 15) is 9.50 Å². The van der Waals surface area contributed by atoms with Gasteiger partial charge in [-0.3, -0.25) is 0 Å². The lowest BCUT2D eigenvalue weighted by molar-refractivity contribution is 0.160. The Morgan fingerprint density at radius 2 is 2.21 bits per heavy atom. The van der Waals surface area contributed by atoms with E-state index < -0.39 is 6.10 Å². The van der Waals surface area contributed by atoms with Crippen LogP contribution in [-0.4, -0.2) is 5.11 Å². The molecule has 0 saturated heterocycles. The zero-order chi connectivity index (χ0) is 10.1. The molecule has 3 heteroatoms. The highest BCUT2D eigenvalue weighted by atomic mass is 79.9. The summed E-state index contributed by atoms with van der Waals surface area (Å²) in [6.07, 6.45) is 2.80. The number of hydrogen-bond acceptors (Lipinski definition) is 1. The zero-order valence-electron chi connectivity index (χ0n) is 7.71. The Balaban J connectivity index is 2.10. The lowest BCUT2D eigenvalue weighted by Gasteiger charge is -2.10. The Morgan fingerprint density at radius 1 is 1.50 bits per heavy atom. The van der Waals surface area contributed by atoms with Crippen molar-refractivity contribution in [3.05, 3.63) is 34.1 Å². The summed E-state index contributed by atoms with van der Waals surface area (Å²) in [4.78, 5) is 0. The molecule has 2 rings (SSSR count). The average molecular weight is 259 g/mol. The van der Waals surface area contributed by atoms with Gasteiger partial charge in [0.1, 0.15) is 5.82 Å². The average Bonchev–Trinajstić information content (AvgIpc) is 2.93. The first kappa shape index (κ1) is 10.1. The van der Waals surface area contributed by atoms with Crippen LogP contribution in [0, 0.1) is 11.7 Å². The topological polar surface area (TPSA) is 20.2 Å². The maximum atomic E-state index is 12.9. The smallest absolute Gasteiger partial charge is 0.137 e. The molecular weight excluding hydrogens is 247 g/mol. The molecule has 1 nitrogen and oxygen atoms in total. The van der Waals surface area contributed by atoms with Gasteiger partial charge in [-0.1, -0.05) is 18.9 Å². The van der Waals surface area contributed by atoms with Gasteiger partial charge in [0.15, 0.2) is 0 Å². The minimum atomic E-state index is -0.445. The molecule has 1 saturated carbocycles. The van der Waals surface area contributed by atoms with Gasteiger partial charge >= 0.3 is 0 Å². The Labute approximate surface area is 91.1 Å². The molecule has 1 aliphatic carbocycles. The Kier molecular flexibility index (Phi) is 2.88. The molecule has 1 fully saturated rings. The van der Waals surface area contributed by atoms with Crippen LogP contribution in [0.1, 0.15) is 30.9 Å². The van der Waals surface area contributed by atoms with Crippen molar-refractivity contribution >= 4 is 15.9 Å². The molecule has 0 spiro atoms. The fourth-order valence-electron chi connectivity index (χ4n) is 1.53. The number of aliphatic hydroxyl groups is 1. The summed E-state index contributed by atoms with van der Waals surface area (Å²) >= 11 is 3.11. The van der Waals surface area contributed by atoms with Crippen LogP contribution in [0.4, 0.5) is 4.39 Å². The quantitative estimate of drug-likeness (QED) is 0.881. The zero-order valence-corrected chi connectivity index (χ0v) is 9.30. The van der Waals surface area contributed by atoms with Gasteiger partial charge in [-0.15, -0.1) is 0 Å². The number of halogens is 2. The lowest BCUT2D eigenvalue weighted by atomic mass is 10.0. The first-order valence-electron chi connectivity index (χ1n) is 4.80. The summed E-state index contributed by atoms with van der Waals surface area (Å²) in [7, 11) is 0. The van der Waals surface area contributed by atoms with Gasteiger partial charge in [0.05, 0.1) is 10.6 Å². The van der Waals surface area contributed by atoms with E-state index in [-0.39, 0.29) is 5.82 Å². The summed E-state index contributed by atoms with van der Waals surface area (Å²) < 4.78 is 13.3. The van der Waals surface area contributed by atoms with Gasteiger partial charge in [-0.05, 0) is 46.0 Å². The second kappa shape index (κ2) is 3.99. The molecule has 1 aliphatic rings. The van der Waals surface area contributed by atoms with Crippen LogP contribution in [0.15, 0.2) is 22.7 Å². The number of rotatable bonds is 3. The molecule has 1 unspecified atom stereocenters. The first-order valence-corrected chi connectivity index (χ1v) is 5.59. The van der Waals surface area contributed by atoms with E-state index in [1.165, 1.54) is 18.9 Å². The number of aliphatic hydroxyl groups excluding tert-OH is 1. The van der Waals surface area contributed by atoms with Crippen LogP contribution in [0.3, 0.4) is 0 Å². The molecule has 0 amide bonds. The second-order valence-corrected chi connectivity index (χ2v) is 4.72. The fraction of sp³-hybridized carbons (Fsp3) is 0.455. The second-order valence-electron chi connectivity index (χ2n) is 3.87. The third kappa shape index (κ3) is 2.34. The summed E-state index contributed by atoms with van der Waals surface area (Å²) in [6, 6.07) is 4.69. The lowest BCUT2D eigenvalue weighted by Crippen LogP contribution is -1.98. The van der Waals surface area contributed by atoms with E-state index in [4.69, 9.17) is 0 Å². The Hall–Kier alpha value is -0.410. The van der Waals surface area contributed by atoms with Crippen LogP contribution in [0.2, 0.25) is 0 Å².